The second kappa shape index (κ2) is 6.83. The Kier molecular flexibility index (Phi) is 4.78. The molecule has 2 fully saturated rings. The van der Waals surface area contributed by atoms with E-state index in [1.165, 1.54) is 12.0 Å². The van der Waals surface area contributed by atoms with Crippen LogP contribution in [0.2, 0.25) is 0 Å². The van der Waals surface area contributed by atoms with Crippen LogP contribution >= 0.6 is 0 Å². The summed E-state index contributed by atoms with van der Waals surface area (Å²) in [6.07, 6.45) is 1.55. The molecule has 0 unspecified atom stereocenters. The Morgan fingerprint density at radius 2 is 1.71 bits per heavy atom. The molecule has 3 amide bonds. The first-order valence-corrected chi connectivity index (χ1v) is 8.85. The van der Waals surface area contributed by atoms with Crippen LogP contribution in [-0.4, -0.2) is 42.5 Å². The lowest BCUT2D eigenvalue weighted by atomic mass is 9.92. The summed E-state index contributed by atoms with van der Waals surface area (Å²) < 4.78 is 0. The lowest BCUT2D eigenvalue weighted by Gasteiger charge is -2.35. The van der Waals surface area contributed by atoms with Crippen LogP contribution in [0, 0.1) is 18.8 Å². The monoisotopic (exact) mass is 329 g/mol. The average Bonchev–Trinajstić information content (AvgIpc) is 2.87. The van der Waals surface area contributed by atoms with Crippen LogP contribution in [0.3, 0.4) is 0 Å². The van der Waals surface area contributed by atoms with Crippen LogP contribution in [-0.2, 0) is 4.79 Å². The maximum atomic E-state index is 12.5. The van der Waals surface area contributed by atoms with Gasteiger partial charge in [0.2, 0.25) is 5.91 Å². The number of nitrogens with one attached hydrogen (secondary N) is 1. The third-order valence-corrected chi connectivity index (χ3v) is 4.95. The number of rotatable bonds is 2. The zero-order valence-corrected chi connectivity index (χ0v) is 14.8. The second-order valence-electron chi connectivity index (χ2n) is 7.54. The molecule has 5 nitrogen and oxygen atoms in total. The molecule has 24 heavy (non-hydrogen) atoms. The molecular formula is C19H27N3O2. The number of nitrogens with zero attached hydrogens (tertiary/aromatic N) is 2. The van der Waals surface area contributed by atoms with Crippen LogP contribution in [0.5, 0.6) is 0 Å². The van der Waals surface area contributed by atoms with E-state index < -0.39 is 0 Å². The molecule has 0 bridgehead atoms. The highest BCUT2D eigenvalue weighted by molar-refractivity contribution is 5.96. The van der Waals surface area contributed by atoms with Crippen LogP contribution in [0.15, 0.2) is 24.3 Å². The van der Waals surface area contributed by atoms with Gasteiger partial charge < -0.3 is 15.1 Å². The maximum Gasteiger partial charge on any atom is 0.317 e. The normalized spacial score (nSPS) is 27.5. The van der Waals surface area contributed by atoms with Crippen molar-refractivity contribution in [2.75, 3.05) is 24.5 Å². The molecule has 0 aliphatic carbocycles. The smallest absolute Gasteiger partial charge is 0.317 e. The number of anilines is 1. The van der Waals surface area contributed by atoms with Gasteiger partial charge in [-0.05, 0) is 37.3 Å². The van der Waals surface area contributed by atoms with Gasteiger partial charge in [0, 0.05) is 31.7 Å². The Morgan fingerprint density at radius 3 is 2.33 bits per heavy atom. The van der Waals surface area contributed by atoms with Crippen LogP contribution < -0.4 is 10.2 Å². The molecule has 2 heterocycles. The lowest BCUT2D eigenvalue weighted by molar-refractivity contribution is -0.117. The summed E-state index contributed by atoms with van der Waals surface area (Å²) in [5.74, 6) is 1.15. The summed E-state index contributed by atoms with van der Waals surface area (Å²) in [6, 6.07) is 7.79. The van der Waals surface area contributed by atoms with E-state index in [4.69, 9.17) is 0 Å². The minimum atomic E-state index is -0.112. The number of carbonyl (C=O) groups excluding carboxylic acids is 2. The van der Waals surface area contributed by atoms with E-state index in [9.17, 15) is 9.59 Å². The zero-order chi connectivity index (χ0) is 17.3. The molecule has 3 atom stereocenters. The Balaban J connectivity index is 1.59. The predicted molar refractivity (Wildman–Crippen MR) is 95.0 cm³/mol. The number of hydrogen-bond acceptors (Lipinski definition) is 2. The minimum Gasteiger partial charge on any atom is -0.333 e. The first kappa shape index (κ1) is 16.8. The van der Waals surface area contributed by atoms with Gasteiger partial charge in [-0.3, -0.25) is 4.79 Å². The summed E-state index contributed by atoms with van der Waals surface area (Å²) in [4.78, 5) is 28.5. The number of aryl methyl sites for hydroxylation is 1. The summed E-state index contributed by atoms with van der Waals surface area (Å²) in [5, 5.41) is 3.06. The van der Waals surface area contributed by atoms with Gasteiger partial charge in [0.1, 0.15) is 0 Å². The summed E-state index contributed by atoms with van der Waals surface area (Å²) in [5.41, 5.74) is 2.08. The van der Waals surface area contributed by atoms with E-state index in [1.54, 1.807) is 4.90 Å². The molecule has 2 aliphatic rings. The van der Waals surface area contributed by atoms with Gasteiger partial charge in [-0.1, -0.05) is 31.5 Å². The SMILES string of the molecule is Cc1ccc(N2C[C@H](NC(=O)N3C[C@H](C)C[C@H](C)C3)CC2=O)cc1. The van der Waals surface area contributed by atoms with Crippen molar-refractivity contribution in [2.24, 2.45) is 11.8 Å². The van der Waals surface area contributed by atoms with Crippen molar-refractivity contribution in [3.63, 3.8) is 0 Å². The van der Waals surface area contributed by atoms with Crippen LogP contribution in [0.25, 0.3) is 0 Å². The highest BCUT2D eigenvalue weighted by Crippen LogP contribution is 2.23. The van der Waals surface area contributed by atoms with Crippen molar-refractivity contribution in [2.45, 2.75) is 39.7 Å². The Bertz CT molecular complexity index is 604. The molecule has 1 aromatic carbocycles. The minimum absolute atomic E-state index is 0.0306. The molecule has 130 valence electrons. The van der Waals surface area contributed by atoms with Gasteiger partial charge in [-0.2, -0.15) is 0 Å². The molecule has 0 radical (unpaired) electrons. The van der Waals surface area contributed by atoms with Crippen molar-refractivity contribution < 1.29 is 9.59 Å². The molecule has 3 rings (SSSR count). The molecule has 0 saturated carbocycles. The molecule has 2 saturated heterocycles. The molecule has 0 aromatic heterocycles. The number of likely N-dealkylation sites (tertiary alicyclic amines) is 1. The van der Waals surface area contributed by atoms with Crippen molar-refractivity contribution in [1.29, 1.82) is 0 Å². The molecule has 1 aromatic rings. The fourth-order valence-electron chi connectivity index (χ4n) is 3.87. The third-order valence-electron chi connectivity index (χ3n) is 4.95. The maximum absolute atomic E-state index is 12.5. The van der Waals surface area contributed by atoms with Gasteiger partial charge in [-0.15, -0.1) is 0 Å². The summed E-state index contributed by atoms with van der Waals surface area (Å²) >= 11 is 0. The van der Waals surface area contributed by atoms with Gasteiger partial charge >= 0.3 is 6.03 Å². The van der Waals surface area contributed by atoms with Gasteiger partial charge in [0.15, 0.2) is 0 Å². The number of hydrogen-bond donors (Lipinski definition) is 1. The van der Waals surface area contributed by atoms with Crippen molar-refractivity contribution in [3.8, 4) is 0 Å². The van der Waals surface area contributed by atoms with Crippen molar-refractivity contribution in [1.82, 2.24) is 10.2 Å². The predicted octanol–water partition coefficient (Wildman–Crippen LogP) is 2.79. The molecule has 0 spiro atoms. The van der Waals surface area contributed by atoms with Gasteiger partial charge in [0.25, 0.3) is 0 Å². The van der Waals surface area contributed by atoms with Crippen LogP contribution in [0.4, 0.5) is 10.5 Å². The number of piperidine rings is 1. The topological polar surface area (TPSA) is 52.7 Å². The Morgan fingerprint density at radius 1 is 1.08 bits per heavy atom. The van der Waals surface area contributed by atoms with E-state index in [-0.39, 0.29) is 18.0 Å². The molecule has 2 aliphatic heterocycles. The van der Waals surface area contributed by atoms with Gasteiger partial charge in [-0.25, -0.2) is 4.79 Å². The average molecular weight is 329 g/mol. The summed E-state index contributed by atoms with van der Waals surface area (Å²) in [6.45, 7) is 8.56. The van der Waals surface area contributed by atoms with E-state index in [1.807, 2.05) is 36.1 Å². The fraction of sp³-hybridized carbons (Fsp3) is 0.579. The summed E-state index contributed by atoms with van der Waals surface area (Å²) in [7, 11) is 0. The number of amides is 3. The van der Waals surface area contributed by atoms with Gasteiger partial charge in [0.05, 0.1) is 6.04 Å². The second-order valence-corrected chi connectivity index (χ2v) is 7.54. The van der Waals surface area contributed by atoms with E-state index in [0.29, 0.717) is 24.8 Å². The van der Waals surface area contributed by atoms with Crippen molar-refractivity contribution >= 4 is 17.6 Å². The highest BCUT2D eigenvalue weighted by Gasteiger charge is 2.33. The standard InChI is InChI=1S/C19H27N3O2/c1-13-4-6-17(7-5-13)22-12-16(9-18(22)23)20-19(24)21-10-14(2)8-15(3)11-21/h4-7,14-16H,8-12H2,1-3H3,(H,20,24)/t14-,15+,16-/m1/s1. The lowest BCUT2D eigenvalue weighted by Crippen LogP contribution is -2.50. The van der Waals surface area contributed by atoms with E-state index in [0.717, 1.165) is 18.8 Å². The van der Waals surface area contributed by atoms with E-state index >= 15 is 0 Å². The highest BCUT2D eigenvalue weighted by atomic mass is 16.2. The largest absolute Gasteiger partial charge is 0.333 e. The zero-order valence-electron chi connectivity index (χ0n) is 14.8. The fourth-order valence-corrected chi connectivity index (χ4v) is 3.87. The first-order valence-electron chi connectivity index (χ1n) is 8.85. The number of benzene rings is 1. The quantitative estimate of drug-likeness (QED) is 0.907. The Labute approximate surface area is 144 Å². The van der Waals surface area contributed by atoms with E-state index in [2.05, 4.69) is 19.2 Å². The number of urea groups is 1. The third kappa shape index (κ3) is 3.71. The molecular weight excluding hydrogens is 302 g/mol. The number of carbonyl (C=O) groups is 2. The molecule has 5 heteroatoms. The van der Waals surface area contributed by atoms with Crippen LogP contribution in [0.1, 0.15) is 32.3 Å². The van der Waals surface area contributed by atoms with Crippen molar-refractivity contribution in [3.05, 3.63) is 29.8 Å². The molecule has 1 N–H and O–H groups in total. The first-order chi connectivity index (χ1) is 11.4. The Hall–Kier alpha value is -2.04.